The number of rotatable bonds is 4. The molecule has 15 heavy (non-hydrogen) atoms. The van der Waals surface area contributed by atoms with E-state index in [0.717, 1.165) is 12.0 Å². The van der Waals surface area contributed by atoms with E-state index in [4.69, 9.17) is 0 Å². The molecule has 1 heteroatoms. The predicted molar refractivity (Wildman–Crippen MR) is 64.8 cm³/mol. The topological polar surface area (TPSA) is 12.0 Å². The minimum atomic E-state index is 0.545. The molecule has 0 spiro atoms. The van der Waals surface area contributed by atoms with Crippen molar-refractivity contribution in [1.29, 1.82) is 0 Å². The fourth-order valence-corrected chi connectivity index (χ4v) is 2.46. The normalized spacial score (nSPS) is 27.1. The van der Waals surface area contributed by atoms with Crippen molar-refractivity contribution >= 4 is 0 Å². The Balaban J connectivity index is 1.93. The molecule has 1 aromatic carbocycles. The van der Waals surface area contributed by atoms with Crippen molar-refractivity contribution in [3.63, 3.8) is 0 Å². The van der Waals surface area contributed by atoms with Crippen molar-refractivity contribution < 1.29 is 0 Å². The van der Waals surface area contributed by atoms with E-state index in [0.29, 0.717) is 6.04 Å². The lowest BCUT2D eigenvalue weighted by atomic mass is 9.81. The fourth-order valence-electron chi connectivity index (χ4n) is 2.46. The van der Waals surface area contributed by atoms with Crippen LogP contribution in [0, 0.1) is 5.92 Å². The quantitative estimate of drug-likeness (QED) is 0.789. The first kappa shape index (κ1) is 10.7. The highest BCUT2D eigenvalue weighted by Crippen LogP contribution is 2.29. The first-order valence-electron chi connectivity index (χ1n) is 6.10. The minimum absolute atomic E-state index is 0.545. The summed E-state index contributed by atoms with van der Waals surface area (Å²) in [6, 6.07) is 12.1. The van der Waals surface area contributed by atoms with Gasteiger partial charge in [0.2, 0.25) is 0 Å². The molecule has 0 aromatic heterocycles. The average molecular weight is 203 g/mol. The molecule has 0 saturated heterocycles. The standard InChI is InChI=1S/C14H21N/c1-3-14(12-7-5-4-6-8-12)15-13-9-11(2)10-13/h4-8,11,13-15H,3,9-10H2,1-2H3. The number of nitrogens with one attached hydrogen (secondary N) is 1. The molecule has 0 bridgehead atoms. The van der Waals surface area contributed by atoms with Gasteiger partial charge in [0.15, 0.2) is 0 Å². The third kappa shape index (κ3) is 2.60. The zero-order valence-corrected chi connectivity index (χ0v) is 9.74. The van der Waals surface area contributed by atoms with Crippen LogP contribution in [0.3, 0.4) is 0 Å². The lowest BCUT2D eigenvalue weighted by molar-refractivity contribution is 0.220. The summed E-state index contributed by atoms with van der Waals surface area (Å²) >= 11 is 0. The van der Waals surface area contributed by atoms with Crippen LogP contribution in [0.1, 0.15) is 44.7 Å². The Hall–Kier alpha value is -0.820. The van der Waals surface area contributed by atoms with E-state index >= 15 is 0 Å². The molecule has 1 unspecified atom stereocenters. The third-order valence-electron chi connectivity index (χ3n) is 3.42. The van der Waals surface area contributed by atoms with Gasteiger partial charge in [0.25, 0.3) is 0 Å². The fraction of sp³-hybridized carbons (Fsp3) is 0.571. The molecule has 1 aliphatic carbocycles. The van der Waals surface area contributed by atoms with E-state index in [1.165, 1.54) is 24.8 Å². The second-order valence-electron chi connectivity index (χ2n) is 4.81. The maximum atomic E-state index is 3.75. The highest BCUT2D eigenvalue weighted by atomic mass is 15.0. The van der Waals surface area contributed by atoms with Crippen LogP contribution in [0.5, 0.6) is 0 Å². The lowest BCUT2D eigenvalue weighted by Crippen LogP contribution is -2.41. The smallest absolute Gasteiger partial charge is 0.0320 e. The first-order valence-corrected chi connectivity index (χ1v) is 6.10. The predicted octanol–water partition coefficient (Wildman–Crippen LogP) is 3.53. The lowest BCUT2D eigenvalue weighted by Gasteiger charge is -2.36. The molecule has 1 saturated carbocycles. The van der Waals surface area contributed by atoms with E-state index in [9.17, 15) is 0 Å². The molecule has 0 radical (unpaired) electrons. The Kier molecular flexibility index (Phi) is 3.42. The average Bonchev–Trinajstić information content (AvgIpc) is 2.24. The highest BCUT2D eigenvalue weighted by molar-refractivity contribution is 5.19. The molecular weight excluding hydrogens is 182 g/mol. The van der Waals surface area contributed by atoms with Crippen LogP contribution in [0.2, 0.25) is 0 Å². The van der Waals surface area contributed by atoms with E-state index in [-0.39, 0.29) is 0 Å². The number of benzene rings is 1. The highest BCUT2D eigenvalue weighted by Gasteiger charge is 2.26. The molecule has 1 aromatic rings. The summed E-state index contributed by atoms with van der Waals surface area (Å²) in [5.74, 6) is 0.927. The van der Waals surface area contributed by atoms with Gasteiger partial charge < -0.3 is 5.32 Å². The van der Waals surface area contributed by atoms with E-state index < -0.39 is 0 Å². The summed E-state index contributed by atoms with van der Waals surface area (Å²) in [7, 11) is 0. The Morgan fingerprint density at radius 2 is 1.93 bits per heavy atom. The van der Waals surface area contributed by atoms with Gasteiger partial charge in [0, 0.05) is 12.1 Å². The summed E-state index contributed by atoms with van der Waals surface area (Å²) in [4.78, 5) is 0. The monoisotopic (exact) mass is 203 g/mol. The van der Waals surface area contributed by atoms with Crippen LogP contribution in [0.25, 0.3) is 0 Å². The molecule has 1 nitrogen and oxygen atoms in total. The molecule has 1 N–H and O–H groups in total. The molecule has 0 amide bonds. The molecule has 2 rings (SSSR count). The van der Waals surface area contributed by atoms with Crippen LogP contribution in [-0.2, 0) is 0 Å². The minimum Gasteiger partial charge on any atom is -0.307 e. The molecule has 82 valence electrons. The van der Waals surface area contributed by atoms with Crippen molar-refractivity contribution in [2.45, 2.75) is 45.2 Å². The molecule has 1 aliphatic rings. The van der Waals surface area contributed by atoms with Crippen molar-refractivity contribution in [3.8, 4) is 0 Å². The van der Waals surface area contributed by atoms with Gasteiger partial charge in [0.1, 0.15) is 0 Å². The van der Waals surface area contributed by atoms with E-state index in [1.54, 1.807) is 0 Å². The second kappa shape index (κ2) is 4.80. The summed E-state index contributed by atoms with van der Waals surface area (Å²) < 4.78 is 0. The van der Waals surface area contributed by atoms with Gasteiger partial charge in [-0.1, -0.05) is 44.2 Å². The zero-order chi connectivity index (χ0) is 10.7. The van der Waals surface area contributed by atoms with Crippen LogP contribution >= 0.6 is 0 Å². The Morgan fingerprint density at radius 3 is 2.47 bits per heavy atom. The largest absolute Gasteiger partial charge is 0.307 e. The van der Waals surface area contributed by atoms with Gasteiger partial charge in [-0.2, -0.15) is 0 Å². The van der Waals surface area contributed by atoms with Gasteiger partial charge in [-0.3, -0.25) is 0 Å². The van der Waals surface area contributed by atoms with Gasteiger partial charge in [-0.05, 0) is 30.7 Å². The molecule has 1 atom stereocenters. The van der Waals surface area contributed by atoms with Crippen molar-refractivity contribution in [2.75, 3.05) is 0 Å². The van der Waals surface area contributed by atoms with Gasteiger partial charge in [-0.25, -0.2) is 0 Å². The Labute approximate surface area is 92.9 Å². The van der Waals surface area contributed by atoms with Crippen LogP contribution in [0.15, 0.2) is 30.3 Å². The SMILES string of the molecule is CCC(NC1CC(C)C1)c1ccccc1. The van der Waals surface area contributed by atoms with Crippen LogP contribution < -0.4 is 5.32 Å². The summed E-state index contributed by atoms with van der Waals surface area (Å²) in [5, 5.41) is 3.75. The maximum Gasteiger partial charge on any atom is 0.0320 e. The first-order chi connectivity index (χ1) is 7.29. The molecule has 0 aliphatic heterocycles. The summed E-state index contributed by atoms with van der Waals surface area (Å²) in [5.41, 5.74) is 1.43. The van der Waals surface area contributed by atoms with Crippen LogP contribution in [0.4, 0.5) is 0 Å². The Bertz CT molecular complexity index is 287. The van der Waals surface area contributed by atoms with E-state index in [1.807, 2.05) is 0 Å². The molecule has 0 heterocycles. The Morgan fingerprint density at radius 1 is 1.27 bits per heavy atom. The second-order valence-corrected chi connectivity index (χ2v) is 4.81. The van der Waals surface area contributed by atoms with Gasteiger partial charge in [-0.15, -0.1) is 0 Å². The maximum absolute atomic E-state index is 3.75. The summed E-state index contributed by atoms with van der Waals surface area (Å²) in [6.45, 7) is 4.59. The van der Waals surface area contributed by atoms with Crippen molar-refractivity contribution in [3.05, 3.63) is 35.9 Å². The molecule has 1 fully saturated rings. The summed E-state index contributed by atoms with van der Waals surface area (Å²) in [6.07, 6.45) is 3.88. The van der Waals surface area contributed by atoms with E-state index in [2.05, 4.69) is 49.5 Å². The van der Waals surface area contributed by atoms with Crippen LogP contribution in [-0.4, -0.2) is 6.04 Å². The molecular formula is C14H21N. The number of hydrogen-bond donors (Lipinski definition) is 1. The van der Waals surface area contributed by atoms with Gasteiger partial charge >= 0.3 is 0 Å². The number of hydrogen-bond acceptors (Lipinski definition) is 1. The van der Waals surface area contributed by atoms with Crippen molar-refractivity contribution in [2.24, 2.45) is 5.92 Å². The third-order valence-corrected chi connectivity index (χ3v) is 3.42. The van der Waals surface area contributed by atoms with Crippen molar-refractivity contribution in [1.82, 2.24) is 5.32 Å². The van der Waals surface area contributed by atoms with Gasteiger partial charge in [0.05, 0.1) is 0 Å². The zero-order valence-electron chi connectivity index (χ0n) is 9.74.